The summed E-state index contributed by atoms with van der Waals surface area (Å²) >= 11 is 0. The fraction of sp³-hybridized carbons (Fsp3) is 0.588. The van der Waals surface area contributed by atoms with Gasteiger partial charge in [0.15, 0.2) is 0 Å². The highest BCUT2D eigenvalue weighted by atomic mass is 79.9. The topological polar surface area (TPSA) is 108 Å². The number of piperidine rings is 1. The number of ether oxygens (including phenoxy) is 2. The minimum Gasteiger partial charge on any atom is -0.631 e. The smallest absolute Gasteiger partial charge is 0.316 e. The van der Waals surface area contributed by atoms with Crippen LogP contribution in [0.1, 0.15) is 24.3 Å². The first-order valence-electron chi connectivity index (χ1n) is 8.38. The van der Waals surface area contributed by atoms with E-state index in [-0.39, 0.29) is 60.7 Å². The Labute approximate surface area is 156 Å². The summed E-state index contributed by atoms with van der Waals surface area (Å²) in [6.45, 7) is -0.267. The zero-order chi connectivity index (χ0) is 16.9. The summed E-state index contributed by atoms with van der Waals surface area (Å²) in [4.78, 5) is 12.5. The monoisotopic (exact) mass is 414 g/mol. The van der Waals surface area contributed by atoms with Gasteiger partial charge in [-0.3, -0.25) is 10.5 Å². The van der Waals surface area contributed by atoms with Crippen molar-refractivity contribution in [3.8, 4) is 0 Å². The van der Waals surface area contributed by atoms with E-state index in [4.69, 9.17) is 15.2 Å². The second-order valence-electron chi connectivity index (χ2n) is 6.91. The predicted octanol–water partition coefficient (Wildman–Crippen LogP) is 0.795. The number of carbonyl (C=O) groups excluding carboxylic acids is 1. The third-order valence-electron chi connectivity index (χ3n) is 5.69. The number of nitrogens with two attached hydrogens (primary N) is 1. The molecule has 0 radical (unpaired) electrons. The maximum absolute atomic E-state index is 12.9. The number of hydrogen-bond acceptors (Lipinski definition) is 6. The molecule has 3 aliphatic heterocycles. The number of morpholine rings is 1. The summed E-state index contributed by atoms with van der Waals surface area (Å²) in [5.74, 6) is -1.14. The molecule has 0 spiro atoms. The van der Waals surface area contributed by atoms with Crippen molar-refractivity contribution in [1.82, 2.24) is 0 Å². The summed E-state index contributed by atoms with van der Waals surface area (Å²) in [6, 6.07) is 8.59. The van der Waals surface area contributed by atoms with Crippen molar-refractivity contribution >= 4 is 23.0 Å². The molecule has 0 aromatic heterocycles. The molecule has 1 aromatic rings. The van der Waals surface area contributed by atoms with Crippen LogP contribution in [-0.2, 0) is 14.3 Å². The molecule has 0 amide bonds. The third-order valence-corrected chi connectivity index (χ3v) is 5.69. The number of fused-ring (bicyclic) bond motifs is 5. The minimum absolute atomic E-state index is 0. The zero-order valence-electron chi connectivity index (χ0n) is 13.7. The lowest BCUT2D eigenvalue weighted by Crippen LogP contribution is -2.63. The van der Waals surface area contributed by atoms with Gasteiger partial charge < -0.3 is 24.4 Å². The van der Waals surface area contributed by atoms with E-state index in [1.165, 1.54) is 0 Å². The van der Waals surface area contributed by atoms with Crippen LogP contribution < -0.4 is 5.73 Å². The van der Waals surface area contributed by atoms with Crippen molar-refractivity contribution in [3.63, 3.8) is 0 Å². The van der Waals surface area contributed by atoms with E-state index >= 15 is 0 Å². The number of quaternary nitrogens is 1. The van der Waals surface area contributed by atoms with Crippen LogP contribution >= 0.6 is 17.0 Å². The van der Waals surface area contributed by atoms with E-state index in [9.17, 15) is 15.1 Å². The molecule has 3 fully saturated rings. The molecule has 4 rings (SSSR count). The number of esters is 1. The largest absolute Gasteiger partial charge is 0.631 e. The highest BCUT2D eigenvalue weighted by molar-refractivity contribution is 8.93. The Morgan fingerprint density at radius 3 is 2.44 bits per heavy atom. The van der Waals surface area contributed by atoms with Gasteiger partial charge >= 0.3 is 5.97 Å². The van der Waals surface area contributed by atoms with Gasteiger partial charge in [-0.2, -0.15) is 0 Å². The SMILES string of the molecule is Br.NC[N+]1([O-])C2CC(OC(=O)C(CO)c3ccccc3)CC1C1OC12. The Balaban J connectivity index is 0.00000182. The lowest BCUT2D eigenvalue weighted by Gasteiger charge is -2.53. The average Bonchev–Trinajstić information content (AvgIpc) is 3.35. The van der Waals surface area contributed by atoms with Crippen molar-refractivity contribution < 1.29 is 24.0 Å². The standard InChI is InChI=1S/C17H22N2O5.BrH/c18-9-19(22)13-6-11(7-14(19)16-15(13)24-16)23-17(21)12(8-20)10-4-2-1-3-5-10;/h1-5,11-16,20H,6-9,18H2;1H. The normalized spacial score (nSPS) is 39.1. The third kappa shape index (κ3) is 3.01. The Hall–Kier alpha value is -1.03. The minimum atomic E-state index is -0.697. The van der Waals surface area contributed by atoms with Crippen molar-refractivity contribution in [2.24, 2.45) is 5.73 Å². The van der Waals surface area contributed by atoms with E-state index in [0.717, 1.165) is 5.56 Å². The lowest BCUT2D eigenvalue weighted by molar-refractivity contribution is -0.928. The highest BCUT2D eigenvalue weighted by Gasteiger charge is 2.70. The molecule has 3 saturated heterocycles. The van der Waals surface area contributed by atoms with Gasteiger partial charge in [0.2, 0.25) is 0 Å². The molecule has 8 heteroatoms. The van der Waals surface area contributed by atoms with Crippen LogP contribution in [0.25, 0.3) is 0 Å². The number of epoxide rings is 1. The molecule has 2 bridgehead atoms. The summed E-state index contributed by atoms with van der Waals surface area (Å²) < 4.78 is 10.8. The molecule has 138 valence electrons. The molecule has 1 aromatic carbocycles. The maximum atomic E-state index is 12.9. The van der Waals surface area contributed by atoms with Gasteiger partial charge in [0.05, 0.1) is 6.61 Å². The molecule has 7 nitrogen and oxygen atoms in total. The van der Waals surface area contributed by atoms with Gasteiger partial charge in [-0.25, -0.2) is 0 Å². The number of benzene rings is 1. The van der Waals surface area contributed by atoms with Gasteiger partial charge in [0, 0.05) is 12.8 Å². The summed E-state index contributed by atoms with van der Waals surface area (Å²) in [6.07, 6.45) is 0.548. The van der Waals surface area contributed by atoms with Crippen molar-refractivity contribution in [2.45, 2.75) is 49.2 Å². The van der Waals surface area contributed by atoms with Crippen LogP contribution in [0.5, 0.6) is 0 Å². The molecule has 3 heterocycles. The van der Waals surface area contributed by atoms with E-state index in [0.29, 0.717) is 12.8 Å². The molecule has 25 heavy (non-hydrogen) atoms. The van der Waals surface area contributed by atoms with Crippen molar-refractivity contribution in [1.29, 1.82) is 0 Å². The Morgan fingerprint density at radius 1 is 1.32 bits per heavy atom. The van der Waals surface area contributed by atoms with E-state index in [1.54, 1.807) is 12.1 Å². The number of nitrogens with zero attached hydrogens (tertiary/aromatic N) is 1. The molecule has 0 aliphatic carbocycles. The number of hydrogen-bond donors (Lipinski definition) is 2. The van der Waals surface area contributed by atoms with Crippen LogP contribution in [0, 0.1) is 5.21 Å². The lowest BCUT2D eigenvalue weighted by atomic mass is 9.97. The summed E-state index contributed by atoms with van der Waals surface area (Å²) in [5, 5.41) is 22.4. The van der Waals surface area contributed by atoms with Crippen LogP contribution in [0.3, 0.4) is 0 Å². The second-order valence-corrected chi connectivity index (χ2v) is 6.91. The molecular weight excluding hydrogens is 392 g/mol. The van der Waals surface area contributed by atoms with Gasteiger partial charge in [0.25, 0.3) is 0 Å². The first kappa shape index (κ1) is 18.8. The van der Waals surface area contributed by atoms with Gasteiger partial charge in [-0.05, 0) is 5.56 Å². The average molecular weight is 415 g/mol. The number of carbonyl (C=O) groups is 1. The summed E-state index contributed by atoms with van der Waals surface area (Å²) in [7, 11) is 0. The summed E-state index contributed by atoms with van der Waals surface area (Å²) in [5.41, 5.74) is 6.42. The van der Waals surface area contributed by atoms with Gasteiger partial charge in [-0.1, -0.05) is 30.3 Å². The molecule has 0 saturated carbocycles. The van der Waals surface area contributed by atoms with Gasteiger partial charge in [-0.15, -0.1) is 17.0 Å². The predicted molar refractivity (Wildman–Crippen MR) is 94.6 cm³/mol. The molecule has 5 atom stereocenters. The Morgan fingerprint density at radius 2 is 1.92 bits per heavy atom. The van der Waals surface area contributed by atoms with Crippen LogP contribution in [0.2, 0.25) is 0 Å². The Kier molecular flexibility index (Phi) is 5.21. The molecular formula is C17H23BrN2O5. The van der Waals surface area contributed by atoms with Crippen LogP contribution in [0.15, 0.2) is 30.3 Å². The van der Waals surface area contributed by atoms with Crippen molar-refractivity contribution in [2.75, 3.05) is 13.3 Å². The number of hydroxylamine groups is 3. The Bertz CT molecular complexity index is 613. The maximum Gasteiger partial charge on any atom is 0.316 e. The zero-order valence-corrected chi connectivity index (χ0v) is 15.4. The fourth-order valence-corrected chi connectivity index (χ4v) is 4.37. The van der Waals surface area contributed by atoms with E-state index in [2.05, 4.69) is 0 Å². The van der Waals surface area contributed by atoms with E-state index < -0.39 is 16.5 Å². The van der Waals surface area contributed by atoms with Gasteiger partial charge in [0.1, 0.15) is 43.0 Å². The van der Waals surface area contributed by atoms with Crippen molar-refractivity contribution in [3.05, 3.63) is 41.1 Å². The molecule has 3 N–H and O–H groups in total. The number of halogens is 1. The molecule has 5 unspecified atom stereocenters. The number of aliphatic hydroxyl groups excluding tert-OH is 1. The fourth-order valence-electron chi connectivity index (χ4n) is 4.37. The first-order chi connectivity index (χ1) is 11.6. The number of aliphatic hydroxyl groups is 1. The molecule has 3 aliphatic rings. The van der Waals surface area contributed by atoms with Crippen LogP contribution in [-0.4, -0.2) is 59.4 Å². The first-order valence-corrected chi connectivity index (χ1v) is 8.38. The quantitative estimate of drug-likeness (QED) is 0.319. The van der Waals surface area contributed by atoms with Crippen LogP contribution in [0.4, 0.5) is 0 Å². The van der Waals surface area contributed by atoms with E-state index in [1.807, 2.05) is 18.2 Å². The number of rotatable bonds is 5. The highest BCUT2D eigenvalue weighted by Crippen LogP contribution is 2.52. The second kappa shape index (κ2) is 6.94.